The molecule has 6 rings (SSSR count). The number of H-pyrrole nitrogens is 1. The zero-order valence-electron chi connectivity index (χ0n) is 23.8. The van der Waals surface area contributed by atoms with Gasteiger partial charge in [0.05, 0.1) is 34.4 Å². The Morgan fingerprint density at radius 2 is 1.65 bits per heavy atom. The molecule has 4 aromatic rings. The lowest BCUT2D eigenvalue weighted by molar-refractivity contribution is 0.00578. The molecule has 0 radical (unpaired) electrons. The lowest BCUT2D eigenvalue weighted by Gasteiger charge is -2.33. The number of likely N-dealkylation sites (N-methyl/N-ethyl adjacent to an activating group) is 1. The Labute approximate surface area is 235 Å². The van der Waals surface area contributed by atoms with Gasteiger partial charge < -0.3 is 29.2 Å². The van der Waals surface area contributed by atoms with Crippen LogP contribution in [0.4, 0.5) is 11.5 Å². The third-order valence-electron chi connectivity index (χ3n) is 8.41. The van der Waals surface area contributed by atoms with Gasteiger partial charge in [0.15, 0.2) is 5.88 Å². The van der Waals surface area contributed by atoms with E-state index in [1.165, 1.54) is 0 Å². The number of aliphatic imine (C=N–C) groups is 1. The highest BCUT2D eigenvalue weighted by Crippen LogP contribution is 2.37. The monoisotopic (exact) mass is 537 g/mol. The molecule has 0 aliphatic carbocycles. The molecule has 2 saturated heterocycles. The third kappa shape index (κ3) is 4.89. The van der Waals surface area contributed by atoms with Crippen molar-refractivity contribution in [2.45, 2.75) is 38.9 Å². The second-order valence-corrected chi connectivity index (χ2v) is 11.7. The fourth-order valence-corrected chi connectivity index (χ4v) is 5.22. The fourth-order valence-electron chi connectivity index (χ4n) is 5.22. The largest absolute Gasteiger partial charge is 0.494 e. The Morgan fingerprint density at radius 1 is 0.950 bits per heavy atom. The molecule has 2 fully saturated rings. The first kappa shape index (κ1) is 26.6. The van der Waals surface area contributed by atoms with Gasteiger partial charge in [0.2, 0.25) is 0 Å². The van der Waals surface area contributed by atoms with E-state index >= 15 is 0 Å². The molecule has 2 N–H and O–H groups in total. The van der Waals surface area contributed by atoms with Crippen LogP contribution >= 0.6 is 0 Å². The Bertz CT molecular complexity index is 1520. The summed E-state index contributed by atoms with van der Waals surface area (Å²) >= 11 is 0. The average molecular weight is 537 g/mol. The van der Waals surface area contributed by atoms with Crippen LogP contribution in [0.3, 0.4) is 0 Å². The number of fused-ring (bicyclic) bond motifs is 1. The summed E-state index contributed by atoms with van der Waals surface area (Å²) < 4.78 is 12.5. The number of aromatic hydroxyl groups is 1. The van der Waals surface area contributed by atoms with Gasteiger partial charge in [-0.25, -0.2) is 9.98 Å². The highest BCUT2D eigenvalue weighted by Gasteiger charge is 2.51. The highest BCUT2D eigenvalue weighted by atomic mass is 16.7. The standard InChI is InChI=1S/C31H36BN5O3/c1-30(2)31(3,4)40-32(39-30)22-11-13-24-25(19-22)35-29(38)27(24)28(21-9-7-6-8-10-21)34-23-12-14-26(33-20-23)37-17-15-36(5)16-18-37/h6-14,19-20,35,38H,15-18H2,1-5H3. The molecular weight excluding hydrogens is 501 g/mol. The van der Waals surface area contributed by atoms with Gasteiger partial charge in [0.25, 0.3) is 0 Å². The van der Waals surface area contributed by atoms with Gasteiger partial charge >= 0.3 is 7.12 Å². The van der Waals surface area contributed by atoms with E-state index in [0.29, 0.717) is 11.3 Å². The number of aromatic amines is 1. The zero-order valence-corrected chi connectivity index (χ0v) is 23.8. The average Bonchev–Trinajstić information content (AvgIpc) is 3.38. The topological polar surface area (TPSA) is 86.2 Å². The number of benzene rings is 2. The van der Waals surface area contributed by atoms with Crippen LogP contribution in [-0.2, 0) is 9.31 Å². The van der Waals surface area contributed by atoms with Crippen molar-refractivity contribution in [1.29, 1.82) is 0 Å². The smallest absolute Gasteiger partial charge is 0.494 e. The maximum atomic E-state index is 11.2. The number of anilines is 1. The number of aromatic nitrogens is 2. The molecule has 0 saturated carbocycles. The molecule has 0 bridgehead atoms. The molecule has 40 heavy (non-hydrogen) atoms. The molecule has 8 nitrogen and oxygen atoms in total. The predicted molar refractivity (Wildman–Crippen MR) is 161 cm³/mol. The lowest BCUT2D eigenvalue weighted by Crippen LogP contribution is -2.44. The SMILES string of the molecule is CN1CCN(c2ccc(N=C(c3ccccc3)c3c(O)[nH]c4cc(B5OC(C)(C)C(C)(C)O5)ccc34)cn2)CC1. The van der Waals surface area contributed by atoms with Crippen LogP contribution < -0.4 is 10.4 Å². The van der Waals surface area contributed by atoms with Crippen LogP contribution in [0.1, 0.15) is 38.8 Å². The van der Waals surface area contributed by atoms with E-state index in [9.17, 15) is 5.11 Å². The molecule has 0 amide bonds. The quantitative estimate of drug-likeness (QED) is 0.288. The molecule has 4 heterocycles. The lowest BCUT2D eigenvalue weighted by atomic mass is 9.78. The van der Waals surface area contributed by atoms with Crippen molar-refractivity contribution in [2.75, 3.05) is 38.1 Å². The van der Waals surface area contributed by atoms with Crippen LogP contribution in [-0.4, -0.2) is 77.2 Å². The maximum Gasteiger partial charge on any atom is 0.494 e. The molecular formula is C31H36BN5O3. The Kier molecular flexibility index (Phi) is 6.69. The van der Waals surface area contributed by atoms with Gasteiger partial charge in [0, 0.05) is 42.6 Å². The van der Waals surface area contributed by atoms with Crippen molar-refractivity contribution in [3.05, 3.63) is 78.0 Å². The predicted octanol–water partition coefficient (Wildman–Crippen LogP) is 4.49. The molecule has 2 aromatic heterocycles. The fraction of sp³-hybridized carbons (Fsp3) is 0.355. The molecule has 2 aliphatic rings. The first-order chi connectivity index (χ1) is 19.1. The van der Waals surface area contributed by atoms with Crippen LogP contribution in [0, 0.1) is 0 Å². The molecule has 2 aromatic carbocycles. The molecule has 206 valence electrons. The van der Waals surface area contributed by atoms with E-state index in [0.717, 1.165) is 59.6 Å². The minimum Gasteiger partial charge on any atom is -0.494 e. The highest BCUT2D eigenvalue weighted by molar-refractivity contribution is 6.62. The summed E-state index contributed by atoms with van der Waals surface area (Å²) in [5.41, 5.74) is 3.74. The van der Waals surface area contributed by atoms with E-state index in [-0.39, 0.29) is 5.88 Å². The number of hydrogen-bond acceptors (Lipinski definition) is 7. The number of rotatable bonds is 5. The van der Waals surface area contributed by atoms with Crippen molar-refractivity contribution in [3.63, 3.8) is 0 Å². The van der Waals surface area contributed by atoms with Crippen molar-refractivity contribution in [3.8, 4) is 5.88 Å². The van der Waals surface area contributed by atoms with E-state index in [1.807, 2.05) is 88.4 Å². The summed E-state index contributed by atoms with van der Waals surface area (Å²) in [4.78, 5) is 17.5. The molecule has 9 heteroatoms. The van der Waals surface area contributed by atoms with Crippen molar-refractivity contribution < 1.29 is 14.4 Å². The summed E-state index contributed by atoms with van der Waals surface area (Å²) in [6, 6.07) is 19.9. The normalized spacial score (nSPS) is 19.5. The van der Waals surface area contributed by atoms with Crippen LogP contribution in [0.25, 0.3) is 10.9 Å². The Balaban J connectivity index is 1.37. The maximum absolute atomic E-state index is 11.2. The number of nitrogens with zero attached hydrogens (tertiary/aromatic N) is 4. The Hall–Kier alpha value is -3.66. The molecule has 2 aliphatic heterocycles. The summed E-state index contributed by atoms with van der Waals surface area (Å²) in [5, 5.41) is 12.0. The van der Waals surface area contributed by atoms with E-state index in [2.05, 4.69) is 21.8 Å². The van der Waals surface area contributed by atoms with E-state index in [1.54, 1.807) is 6.20 Å². The van der Waals surface area contributed by atoms with Gasteiger partial charge in [-0.05, 0) is 58.4 Å². The van der Waals surface area contributed by atoms with Gasteiger partial charge in [0.1, 0.15) is 5.82 Å². The number of piperazine rings is 1. The third-order valence-corrected chi connectivity index (χ3v) is 8.41. The summed E-state index contributed by atoms with van der Waals surface area (Å²) in [6.07, 6.45) is 1.80. The second-order valence-electron chi connectivity index (χ2n) is 11.7. The van der Waals surface area contributed by atoms with Gasteiger partial charge in [-0.2, -0.15) is 0 Å². The summed E-state index contributed by atoms with van der Waals surface area (Å²) in [5.74, 6) is 1.02. The van der Waals surface area contributed by atoms with Gasteiger partial charge in [-0.1, -0.05) is 42.5 Å². The number of nitrogens with one attached hydrogen (secondary N) is 1. The van der Waals surface area contributed by atoms with Crippen molar-refractivity contribution in [1.82, 2.24) is 14.9 Å². The first-order valence-electron chi connectivity index (χ1n) is 13.9. The summed E-state index contributed by atoms with van der Waals surface area (Å²) in [6.45, 7) is 12.1. The van der Waals surface area contributed by atoms with Gasteiger partial charge in [-0.3, -0.25) is 0 Å². The zero-order chi connectivity index (χ0) is 28.1. The van der Waals surface area contributed by atoms with Gasteiger partial charge in [-0.15, -0.1) is 0 Å². The van der Waals surface area contributed by atoms with E-state index in [4.69, 9.17) is 19.3 Å². The second kappa shape index (κ2) is 10.1. The van der Waals surface area contributed by atoms with Crippen molar-refractivity contribution >= 4 is 40.7 Å². The van der Waals surface area contributed by atoms with E-state index < -0.39 is 18.3 Å². The van der Waals surface area contributed by atoms with Crippen LogP contribution in [0.5, 0.6) is 5.88 Å². The Morgan fingerprint density at radius 3 is 2.30 bits per heavy atom. The molecule has 0 unspecified atom stereocenters. The minimum absolute atomic E-state index is 0.0608. The first-order valence-corrected chi connectivity index (χ1v) is 13.9. The minimum atomic E-state index is -0.490. The van der Waals surface area contributed by atoms with Crippen LogP contribution in [0.2, 0.25) is 0 Å². The summed E-state index contributed by atoms with van der Waals surface area (Å²) in [7, 11) is 1.65. The van der Waals surface area contributed by atoms with Crippen LogP contribution in [0.15, 0.2) is 71.9 Å². The molecule has 0 spiro atoms. The number of pyridine rings is 1. The number of hydrogen-bond donors (Lipinski definition) is 2. The van der Waals surface area contributed by atoms with Crippen molar-refractivity contribution in [2.24, 2.45) is 4.99 Å². The molecule has 0 atom stereocenters.